The van der Waals surface area contributed by atoms with Gasteiger partial charge in [0.15, 0.2) is 0 Å². The molecule has 0 spiro atoms. The predicted octanol–water partition coefficient (Wildman–Crippen LogP) is 2.55. The van der Waals surface area contributed by atoms with E-state index in [0.717, 1.165) is 35.5 Å². The van der Waals surface area contributed by atoms with Gasteiger partial charge in [-0.2, -0.15) is 0 Å². The van der Waals surface area contributed by atoms with Crippen LogP contribution >= 0.6 is 0 Å². The van der Waals surface area contributed by atoms with E-state index in [0.29, 0.717) is 12.0 Å². The Morgan fingerprint density at radius 3 is 2.56 bits per heavy atom. The van der Waals surface area contributed by atoms with Crippen LogP contribution in [0.3, 0.4) is 0 Å². The predicted molar refractivity (Wildman–Crippen MR) is 125 cm³/mol. The zero-order chi connectivity index (χ0) is 22.7. The summed E-state index contributed by atoms with van der Waals surface area (Å²) in [5.74, 6) is 0.604. The normalized spacial score (nSPS) is 16.6. The Hall–Kier alpha value is -3.55. The minimum atomic E-state index is -0.766. The molecule has 1 aromatic heterocycles. The lowest BCUT2D eigenvalue weighted by atomic mass is 9.95. The van der Waals surface area contributed by atoms with Crippen molar-refractivity contribution in [3.63, 3.8) is 0 Å². The Balaban J connectivity index is 1.59. The van der Waals surface area contributed by atoms with Gasteiger partial charge in [0.1, 0.15) is 19.7 Å². The topological polar surface area (TPSA) is 81.3 Å². The smallest absolute Gasteiger partial charge is 0.317 e. The number of aromatic nitrogens is 2. The number of hydrogen-bond acceptors (Lipinski definition) is 3. The van der Waals surface area contributed by atoms with Crippen molar-refractivity contribution in [1.29, 1.82) is 0 Å². The molecule has 3 amide bonds. The van der Waals surface area contributed by atoms with Crippen molar-refractivity contribution in [1.82, 2.24) is 25.1 Å². The first-order chi connectivity index (χ1) is 15.4. The maximum absolute atomic E-state index is 13.6. The first kappa shape index (κ1) is 21.7. The summed E-state index contributed by atoms with van der Waals surface area (Å²) in [4.78, 5) is 37.2. The molecule has 1 aliphatic rings. The molecule has 0 saturated carbocycles. The molecule has 8 heteroatoms. The van der Waals surface area contributed by atoms with E-state index in [1.165, 1.54) is 4.90 Å². The van der Waals surface area contributed by atoms with Gasteiger partial charge in [-0.3, -0.25) is 4.79 Å². The van der Waals surface area contributed by atoms with Crippen LogP contribution in [0.25, 0.3) is 11.3 Å². The highest BCUT2D eigenvalue weighted by Crippen LogP contribution is 2.33. The van der Waals surface area contributed by atoms with Gasteiger partial charge in [0, 0.05) is 20.6 Å². The van der Waals surface area contributed by atoms with E-state index >= 15 is 0 Å². The number of urea groups is 1. The average Bonchev–Trinajstić information content (AvgIpc) is 3.47. The standard InChI is InChI=1S/C24H26BN5O2/c1-29(2)24(32)28-21(17-7-4-3-5-8-17)23(31)30-14-6-9-20(30)22-26-15-19(27-22)16-10-12-18(25)13-11-16/h3-5,7-8,10-13,15,20-21H,6,9,14H2,1-2H3,(H,26,27)(H,28,32)/t20-,21?/m0/s1. The summed E-state index contributed by atoms with van der Waals surface area (Å²) in [6, 6.07) is 15.6. The molecule has 1 unspecified atom stereocenters. The second-order valence-corrected chi connectivity index (χ2v) is 8.18. The van der Waals surface area contributed by atoms with Crippen LogP contribution in [0.4, 0.5) is 4.79 Å². The quantitative estimate of drug-likeness (QED) is 0.615. The Labute approximate surface area is 189 Å². The van der Waals surface area contributed by atoms with Crippen molar-refractivity contribution in [3.05, 3.63) is 72.2 Å². The third kappa shape index (κ3) is 4.54. The Morgan fingerprint density at radius 2 is 1.88 bits per heavy atom. The molecular formula is C24H26BN5O2. The summed E-state index contributed by atoms with van der Waals surface area (Å²) in [5.41, 5.74) is 3.31. The summed E-state index contributed by atoms with van der Waals surface area (Å²) in [7, 11) is 9.10. The zero-order valence-corrected chi connectivity index (χ0v) is 18.3. The van der Waals surface area contributed by atoms with Crippen LogP contribution in [0.1, 0.15) is 36.3 Å². The van der Waals surface area contributed by atoms with E-state index in [4.69, 9.17) is 7.85 Å². The number of rotatable bonds is 5. The molecule has 0 bridgehead atoms. The highest BCUT2D eigenvalue weighted by molar-refractivity contribution is 6.32. The van der Waals surface area contributed by atoms with E-state index in [1.807, 2.05) is 59.5 Å². The van der Waals surface area contributed by atoms with Gasteiger partial charge in [-0.15, -0.1) is 0 Å². The van der Waals surface area contributed by atoms with Crippen LogP contribution in [0.15, 0.2) is 60.8 Å². The molecule has 3 aromatic rings. The molecule has 0 aliphatic carbocycles. The second kappa shape index (κ2) is 9.30. The fourth-order valence-electron chi connectivity index (χ4n) is 3.98. The van der Waals surface area contributed by atoms with Crippen LogP contribution in [0, 0.1) is 0 Å². The molecule has 32 heavy (non-hydrogen) atoms. The summed E-state index contributed by atoms with van der Waals surface area (Å²) < 4.78 is 0. The summed E-state index contributed by atoms with van der Waals surface area (Å²) in [5, 5.41) is 2.87. The molecule has 162 valence electrons. The second-order valence-electron chi connectivity index (χ2n) is 8.18. The maximum Gasteiger partial charge on any atom is 0.317 e. The number of aromatic amines is 1. The van der Waals surface area contributed by atoms with Crippen molar-refractivity contribution in [2.24, 2.45) is 0 Å². The molecule has 1 saturated heterocycles. The number of carbonyl (C=O) groups is 2. The van der Waals surface area contributed by atoms with Crippen molar-refractivity contribution in [2.45, 2.75) is 24.9 Å². The first-order valence-electron chi connectivity index (χ1n) is 10.7. The SMILES string of the molecule is [B]c1ccc(-c2cnc([C@@H]3CCCN3C(=O)C(NC(=O)N(C)C)c3ccccc3)[nH]2)cc1. The number of nitrogens with zero attached hydrogens (tertiary/aromatic N) is 3. The highest BCUT2D eigenvalue weighted by atomic mass is 16.2. The van der Waals surface area contributed by atoms with Crippen LogP contribution in [-0.2, 0) is 4.79 Å². The molecule has 2 aromatic carbocycles. The lowest BCUT2D eigenvalue weighted by molar-refractivity contribution is -0.134. The maximum atomic E-state index is 13.6. The number of nitrogens with one attached hydrogen (secondary N) is 2. The molecule has 2 heterocycles. The minimum Gasteiger partial charge on any atom is -0.340 e. The number of imidazole rings is 1. The molecular weight excluding hydrogens is 401 g/mol. The largest absolute Gasteiger partial charge is 0.340 e. The molecule has 1 aliphatic heterocycles. The fraction of sp³-hybridized carbons (Fsp3) is 0.292. The molecule has 7 nitrogen and oxygen atoms in total. The monoisotopic (exact) mass is 427 g/mol. The van der Waals surface area contributed by atoms with Gasteiger partial charge in [0.05, 0.1) is 17.9 Å². The van der Waals surface area contributed by atoms with Gasteiger partial charge in [-0.1, -0.05) is 60.1 Å². The van der Waals surface area contributed by atoms with Crippen molar-refractivity contribution >= 4 is 25.2 Å². The van der Waals surface area contributed by atoms with Gasteiger partial charge in [-0.05, 0) is 24.0 Å². The van der Waals surface area contributed by atoms with Gasteiger partial charge in [0.25, 0.3) is 0 Å². The molecule has 2 radical (unpaired) electrons. The van der Waals surface area contributed by atoms with Crippen molar-refractivity contribution in [2.75, 3.05) is 20.6 Å². The van der Waals surface area contributed by atoms with Crippen LogP contribution < -0.4 is 10.8 Å². The van der Waals surface area contributed by atoms with Crippen LogP contribution in [0.5, 0.6) is 0 Å². The third-order valence-corrected chi connectivity index (χ3v) is 5.72. The number of carbonyl (C=O) groups excluding carboxylic acids is 2. The summed E-state index contributed by atoms with van der Waals surface area (Å²) in [6.07, 6.45) is 3.46. The van der Waals surface area contributed by atoms with Crippen LogP contribution in [0.2, 0.25) is 0 Å². The van der Waals surface area contributed by atoms with E-state index in [9.17, 15) is 9.59 Å². The van der Waals surface area contributed by atoms with Crippen molar-refractivity contribution in [3.8, 4) is 11.3 Å². The lowest BCUT2D eigenvalue weighted by Gasteiger charge is -2.29. The van der Waals surface area contributed by atoms with E-state index in [-0.39, 0.29) is 18.0 Å². The summed E-state index contributed by atoms with van der Waals surface area (Å²) >= 11 is 0. The van der Waals surface area contributed by atoms with Crippen molar-refractivity contribution < 1.29 is 9.59 Å². The van der Waals surface area contributed by atoms with E-state index in [2.05, 4.69) is 15.3 Å². The van der Waals surface area contributed by atoms with Gasteiger partial charge in [0.2, 0.25) is 5.91 Å². The number of benzene rings is 2. The Kier molecular flexibility index (Phi) is 6.30. The summed E-state index contributed by atoms with van der Waals surface area (Å²) in [6.45, 7) is 0.614. The minimum absolute atomic E-state index is 0.140. The first-order valence-corrected chi connectivity index (χ1v) is 10.7. The van der Waals surface area contributed by atoms with E-state index < -0.39 is 6.04 Å². The Bertz CT molecular complexity index is 1080. The molecule has 4 rings (SSSR count). The Morgan fingerprint density at radius 1 is 1.16 bits per heavy atom. The van der Waals surface area contributed by atoms with E-state index in [1.54, 1.807) is 20.3 Å². The van der Waals surface area contributed by atoms with Gasteiger partial charge < -0.3 is 20.1 Å². The number of amides is 3. The average molecular weight is 427 g/mol. The number of hydrogen-bond donors (Lipinski definition) is 2. The van der Waals surface area contributed by atoms with Gasteiger partial charge >= 0.3 is 6.03 Å². The highest BCUT2D eigenvalue weighted by Gasteiger charge is 2.37. The zero-order valence-electron chi connectivity index (χ0n) is 18.3. The number of H-pyrrole nitrogens is 1. The lowest BCUT2D eigenvalue weighted by Crippen LogP contribution is -2.45. The molecule has 2 N–H and O–H groups in total. The third-order valence-electron chi connectivity index (χ3n) is 5.72. The number of likely N-dealkylation sites (tertiary alicyclic amines) is 1. The molecule has 2 atom stereocenters. The van der Waals surface area contributed by atoms with Crippen LogP contribution in [-0.4, -0.2) is 60.2 Å². The molecule has 1 fully saturated rings. The fourth-order valence-corrected chi connectivity index (χ4v) is 3.98. The van der Waals surface area contributed by atoms with Gasteiger partial charge in [-0.25, -0.2) is 9.78 Å².